The van der Waals surface area contributed by atoms with Crippen LogP contribution >= 0.6 is 0 Å². The van der Waals surface area contributed by atoms with Crippen molar-refractivity contribution in [2.75, 3.05) is 0 Å². The molecule has 0 amide bonds. The number of aliphatic hydroxyl groups is 1. The number of hydrogen-bond donors (Lipinski definition) is 1. The summed E-state index contributed by atoms with van der Waals surface area (Å²) in [7, 11) is 0. The minimum Gasteiger partial charge on any atom is -0.388 e. The van der Waals surface area contributed by atoms with Gasteiger partial charge in [-0.2, -0.15) is 5.26 Å². The molecule has 4 atom stereocenters. The highest BCUT2D eigenvalue weighted by Gasteiger charge is 2.58. The molecule has 0 bridgehead atoms. The van der Waals surface area contributed by atoms with Gasteiger partial charge in [-0.1, -0.05) is 26.7 Å². The lowest BCUT2D eigenvalue weighted by molar-refractivity contribution is -0.0798. The zero-order valence-electron chi connectivity index (χ0n) is 10.5. The summed E-state index contributed by atoms with van der Waals surface area (Å²) >= 11 is 0. The van der Waals surface area contributed by atoms with Crippen LogP contribution in [-0.2, 0) is 0 Å². The molecule has 2 aliphatic rings. The van der Waals surface area contributed by atoms with E-state index in [1.54, 1.807) is 0 Å². The summed E-state index contributed by atoms with van der Waals surface area (Å²) in [5, 5.41) is 20.5. The number of nitrogens with zero attached hydrogens (tertiary/aromatic N) is 1. The number of hydrogen-bond acceptors (Lipinski definition) is 2. The van der Waals surface area contributed by atoms with Crippen LogP contribution in [0.4, 0.5) is 0 Å². The summed E-state index contributed by atoms with van der Waals surface area (Å²) in [6.45, 7) is 4.31. The largest absolute Gasteiger partial charge is 0.388 e. The first-order chi connectivity index (χ1) is 7.58. The second-order valence-corrected chi connectivity index (χ2v) is 5.93. The van der Waals surface area contributed by atoms with E-state index in [-0.39, 0.29) is 0 Å². The highest BCUT2D eigenvalue weighted by molar-refractivity contribution is 5.17. The molecule has 2 rings (SSSR count). The van der Waals surface area contributed by atoms with Crippen molar-refractivity contribution in [1.82, 2.24) is 0 Å². The predicted octanol–water partition coefficient (Wildman–Crippen LogP) is 3.26. The molecule has 4 unspecified atom stereocenters. The molecular formula is C14H23NO. The van der Waals surface area contributed by atoms with Crippen molar-refractivity contribution in [2.45, 2.75) is 64.4 Å². The summed E-state index contributed by atoms with van der Waals surface area (Å²) in [4.78, 5) is 0. The van der Waals surface area contributed by atoms with E-state index in [0.717, 1.165) is 44.9 Å². The highest BCUT2D eigenvalue weighted by Crippen LogP contribution is 2.56. The summed E-state index contributed by atoms with van der Waals surface area (Å²) in [6, 6.07) is 2.50. The third-order valence-corrected chi connectivity index (χ3v) is 5.25. The van der Waals surface area contributed by atoms with Crippen LogP contribution in [0.1, 0.15) is 58.8 Å². The minimum atomic E-state index is -0.703. The fourth-order valence-corrected chi connectivity index (χ4v) is 3.96. The molecule has 0 aromatic heterocycles. The van der Waals surface area contributed by atoms with Gasteiger partial charge in [0.1, 0.15) is 0 Å². The van der Waals surface area contributed by atoms with Crippen molar-refractivity contribution in [3.63, 3.8) is 0 Å². The quantitative estimate of drug-likeness (QED) is 0.777. The van der Waals surface area contributed by atoms with Gasteiger partial charge >= 0.3 is 0 Å². The minimum absolute atomic E-state index is 0.294. The van der Waals surface area contributed by atoms with Crippen LogP contribution in [0.25, 0.3) is 0 Å². The van der Waals surface area contributed by atoms with Crippen molar-refractivity contribution >= 4 is 0 Å². The van der Waals surface area contributed by atoms with Crippen LogP contribution in [0.5, 0.6) is 0 Å². The van der Waals surface area contributed by atoms with Crippen LogP contribution in [0, 0.1) is 28.6 Å². The fraction of sp³-hybridized carbons (Fsp3) is 0.929. The van der Waals surface area contributed by atoms with Crippen molar-refractivity contribution in [2.24, 2.45) is 17.3 Å². The van der Waals surface area contributed by atoms with E-state index in [4.69, 9.17) is 0 Å². The molecule has 90 valence electrons. The monoisotopic (exact) mass is 221 g/mol. The maximum atomic E-state index is 10.9. The van der Waals surface area contributed by atoms with Gasteiger partial charge in [-0.3, -0.25) is 0 Å². The molecule has 1 N–H and O–H groups in total. The standard InChI is InChI=1S/C14H23NO/c1-3-12-6-8-13(9-12,10-15)14(16)7-4-5-11(14)2/h11-12,16H,3-9H2,1-2H3. The van der Waals surface area contributed by atoms with Gasteiger partial charge in [0.05, 0.1) is 17.1 Å². The second kappa shape index (κ2) is 4.04. The second-order valence-electron chi connectivity index (χ2n) is 5.93. The molecule has 2 fully saturated rings. The van der Waals surface area contributed by atoms with Gasteiger partial charge in [0.15, 0.2) is 0 Å². The van der Waals surface area contributed by atoms with E-state index in [0.29, 0.717) is 11.8 Å². The summed E-state index contributed by atoms with van der Waals surface area (Å²) in [5.41, 5.74) is -1.14. The van der Waals surface area contributed by atoms with Crippen LogP contribution in [0.2, 0.25) is 0 Å². The molecule has 16 heavy (non-hydrogen) atoms. The van der Waals surface area contributed by atoms with Gasteiger partial charge in [0, 0.05) is 0 Å². The van der Waals surface area contributed by atoms with Gasteiger partial charge in [-0.25, -0.2) is 0 Å². The van der Waals surface area contributed by atoms with Crippen molar-refractivity contribution in [1.29, 1.82) is 5.26 Å². The maximum absolute atomic E-state index is 10.9. The van der Waals surface area contributed by atoms with Gasteiger partial charge < -0.3 is 5.11 Å². The molecule has 0 aromatic rings. The molecule has 2 aliphatic carbocycles. The lowest BCUT2D eigenvalue weighted by atomic mass is 9.66. The van der Waals surface area contributed by atoms with E-state index in [9.17, 15) is 10.4 Å². The average Bonchev–Trinajstić information content (AvgIpc) is 2.86. The van der Waals surface area contributed by atoms with Gasteiger partial charge in [-0.05, 0) is 43.9 Å². The Morgan fingerprint density at radius 1 is 1.38 bits per heavy atom. The summed E-state index contributed by atoms with van der Waals surface area (Å²) in [6.07, 6.45) is 7.09. The Bertz CT molecular complexity index is 308. The molecule has 0 spiro atoms. The Morgan fingerprint density at radius 3 is 2.56 bits per heavy atom. The normalized spacial score (nSPS) is 48.1. The SMILES string of the molecule is CCC1CCC(C#N)(C2(O)CCCC2C)C1. The van der Waals surface area contributed by atoms with E-state index in [1.165, 1.54) is 0 Å². The van der Waals surface area contributed by atoms with Crippen LogP contribution in [0.3, 0.4) is 0 Å². The number of rotatable bonds is 2. The molecule has 0 saturated heterocycles. The fourth-order valence-electron chi connectivity index (χ4n) is 3.96. The van der Waals surface area contributed by atoms with Crippen molar-refractivity contribution in [3.05, 3.63) is 0 Å². The average molecular weight is 221 g/mol. The summed E-state index contributed by atoms with van der Waals surface area (Å²) in [5.74, 6) is 0.944. The Kier molecular flexibility index (Phi) is 3.01. The predicted molar refractivity (Wildman–Crippen MR) is 63.6 cm³/mol. The first kappa shape index (κ1) is 11.9. The third kappa shape index (κ3) is 1.49. The molecular weight excluding hydrogens is 198 g/mol. The molecule has 2 saturated carbocycles. The Labute approximate surface area is 98.7 Å². The lowest BCUT2D eigenvalue weighted by Gasteiger charge is -2.41. The molecule has 0 radical (unpaired) electrons. The van der Waals surface area contributed by atoms with E-state index in [1.807, 2.05) is 0 Å². The maximum Gasteiger partial charge on any atom is 0.0865 e. The molecule has 2 nitrogen and oxygen atoms in total. The molecule has 0 heterocycles. The zero-order chi connectivity index (χ0) is 11.8. The highest BCUT2D eigenvalue weighted by atomic mass is 16.3. The van der Waals surface area contributed by atoms with Crippen LogP contribution in [-0.4, -0.2) is 10.7 Å². The van der Waals surface area contributed by atoms with Crippen molar-refractivity contribution < 1.29 is 5.11 Å². The first-order valence-electron chi connectivity index (χ1n) is 6.71. The zero-order valence-corrected chi connectivity index (χ0v) is 10.5. The third-order valence-electron chi connectivity index (χ3n) is 5.25. The smallest absolute Gasteiger partial charge is 0.0865 e. The van der Waals surface area contributed by atoms with Crippen LogP contribution in [0.15, 0.2) is 0 Å². The summed E-state index contributed by atoms with van der Waals surface area (Å²) < 4.78 is 0. The lowest BCUT2D eigenvalue weighted by Crippen LogP contribution is -2.48. The van der Waals surface area contributed by atoms with Gasteiger partial charge in [-0.15, -0.1) is 0 Å². The van der Waals surface area contributed by atoms with Crippen LogP contribution < -0.4 is 0 Å². The topological polar surface area (TPSA) is 44.0 Å². The Morgan fingerprint density at radius 2 is 2.12 bits per heavy atom. The van der Waals surface area contributed by atoms with E-state index < -0.39 is 11.0 Å². The van der Waals surface area contributed by atoms with Gasteiger partial charge in [0.25, 0.3) is 0 Å². The molecule has 0 aliphatic heterocycles. The molecule has 2 heteroatoms. The van der Waals surface area contributed by atoms with Crippen molar-refractivity contribution in [3.8, 4) is 6.07 Å². The number of nitriles is 1. The van der Waals surface area contributed by atoms with E-state index >= 15 is 0 Å². The Hall–Kier alpha value is -0.550. The Balaban J connectivity index is 2.26. The first-order valence-corrected chi connectivity index (χ1v) is 6.71. The molecule has 0 aromatic carbocycles. The van der Waals surface area contributed by atoms with Gasteiger partial charge in [0.2, 0.25) is 0 Å². The van der Waals surface area contributed by atoms with E-state index in [2.05, 4.69) is 19.9 Å².